The van der Waals surface area contributed by atoms with Crippen molar-refractivity contribution in [3.63, 3.8) is 0 Å². The van der Waals surface area contributed by atoms with Crippen LogP contribution in [0.2, 0.25) is 5.02 Å². The van der Waals surface area contributed by atoms with Crippen LogP contribution in [0.25, 0.3) is 0 Å². The fourth-order valence-corrected chi connectivity index (χ4v) is 3.70. The molecule has 2 aliphatic rings. The highest BCUT2D eigenvalue weighted by molar-refractivity contribution is 6.31. The van der Waals surface area contributed by atoms with Crippen LogP contribution >= 0.6 is 11.6 Å². The van der Waals surface area contributed by atoms with E-state index in [0.29, 0.717) is 25.3 Å². The standard InChI is InChI=1S/C19H18ClFN2O3.C2HF3O2/c20-16-8-13(3-4-17(16)21)18(24)23-11-19(12-23)9-14(5-7-25-19)26-15-2-1-6-22-10-15;3-2(4,5)1(6)7/h1-4,6,8,10,14H,5,7,9,11-12H2;(H,6,7). The molecule has 0 saturated carbocycles. The van der Waals surface area contributed by atoms with Gasteiger partial charge in [0.15, 0.2) is 0 Å². The van der Waals surface area contributed by atoms with Gasteiger partial charge in [0.1, 0.15) is 23.3 Å². The zero-order valence-corrected chi connectivity index (χ0v) is 17.8. The maximum Gasteiger partial charge on any atom is 0.490 e. The van der Waals surface area contributed by atoms with E-state index in [0.717, 1.165) is 18.6 Å². The predicted octanol–water partition coefficient (Wildman–Crippen LogP) is 3.96. The minimum Gasteiger partial charge on any atom is -0.489 e. The molecule has 1 atom stereocenters. The third-order valence-corrected chi connectivity index (χ3v) is 5.33. The lowest BCUT2D eigenvalue weighted by atomic mass is 9.84. The van der Waals surface area contributed by atoms with Crippen LogP contribution in [0.3, 0.4) is 0 Å². The smallest absolute Gasteiger partial charge is 0.489 e. The number of carbonyl (C=O) groups excluding carboxylic acids is 1. The topological polar surface area (TPSA) is 89.0 Å². The molecule has 7 nitrogen and oxygen atoms in total. The Kier molecular flexibility index (Phi) is 7.43. The number of pyridine rings is 1. The average molecular weight is 491 g/mol. The number of ether oxygens (including phenoxy) is 2. The van der Waals surface area contributed by atoms with Crippen molar-refractivity contribution in [3.8, 4) is 5.75 Å². The second-order valence-corrected chi connectivity index (χ2v) is 7.95. The highest BCUT2D eigenvalue weighted by atomic mass is 35.5. The van der Waals surface area contributed by atoms with Crippen molar-refractivity contribution in [1.82, 2.24) is 9.88 Å². The van der Waals surface area contributed by atoms with Crippen molar-refractivity contribution in [2.45, 2.75) is 30.7 Å². The Labute approximate surface area is 190 Å². The molecule has 1 aromatic heterocycles. The average Bonchev–Trinajstić information content (AvgIpc) is 2.74. The molecule has 1 spiro atoms. The molecule has 3 heterocycles. The molecule has 12 heteroatoms. The fourth-order valence-electron chi connectivity index (χ4n) is 3.52. The van der Waals surface area contributed by atoms with Gasteiger partial charge in [-0.05, 0) is 30.3 Å². The maximum atomic E-state index is 13.3. The second-order valence-electron chi connectivity index (χ2n) is 7.55. The Hall–Kier alpha value is -2.92. The number of nitrogens with zero attached hydrogens (tertiary/aromatic N) is 2. The number of aromatic nitrogens is 1. The maximum absolute atomic E-state index is 13.3. The van der Waals surface area contributed by atoms with E-state index in [1.165, 1.54) is 18.2 Å². The fraction of sp³-hybridized carbons (Fsp3) is 0.381. The molecule has 178 valence electrons. The number of rotatable bonds is 3. The number of aliphatic carboxylic acids is 1. The minimum absolute atomic E-state index is 0.0328. The summed E-state index contributed by atoms with van der Waals surface area (Å²) in [5.74, 6) is -2.72. The lowest BCUT2D eigenvalue weighted by molar-refractivity contribution is -0.192. The molecule has 1 unspecified atom stereocenters. The quantitative estimate of drug-likeness (QED) is 0.655. The highest BCUT2D eigenvalue weighted by Gasteiger charge is 2.50. The zero-order chi connectivity index (χ0) is 24.2. The highest BCUT2D eigenvalue weighted by Crippen LogP contribution is 2.36. The van der Waals surface area contributed by atoms with E-state index in [-0.39, 0.29) is 22.6 Å². The SMILES string of the molecule is O=C(O)C(F)(F)F.O=C(c1ccc(F)c(Cl)c1)N1CC2(CC(Oc3cccnc3)CCO2)C1. The van der Waals surface area contributed by atoms with E-state index in [1.54, 1.807) is 17.3 Å². The first-order chi connectivity index (χ1) is 15.5. The van der Waals surface area contributed by atoms with Gasteiger partial charge in [-0.25, -0.2) is 9.18 Å². The molecule has 0 radical (unpaired) electrons. The molecule has 2 saturated heterocycles. The molecule has 33 heavy (non-hydrogen) atoms. The van der Waals surface area contributed by atoms with Gasteiger partial charge in [-0.1, -0.05) is 11.6 Å². The van der Waals surface area contributed by atoms with Gasteiger partial charge in [0.25, 0.3) is 5.91 Å². The molecular formula is C21H19ClF4N2O5. The number of likely N-dealkylation sites (tertiary alicyclic amines) is 1. The first kappa shape index (κ1) is 24.7. The predicted molar refractivity (Wildman–Crippen MR) is 108 cm³/mol. The zero-order valence-electron chi connectivity index (χ0n) is 17.0. The van der Waals surface area contributed by atoms with E-state index in [4.69, 9.17) is 31.0 Å². The summed E-state index contributed by atoms with van der Waals surface area (Å²) < 4.78 is 57.0. The summed E-state index contributed by atoms with van der Waals surface area (Å²) in [5.41, 5.74) is 0.00941. The summed E-state index contributed by atoms with van der Waals surface area (Å²) in [6.07, 6.45) is -0.133. The van der Waals surface area contributed by atoms with Gasteiger partial charge >= 0.3 is 12.1 Å². The third kappa shape index (κ3) is 6.32. The largest absolute Gasteiger partial charge is 0.490 e. The monoisotopic (exact) mass is 490 g/mol. The van der Waals surface area contributed by atoms with Crippen LogP contribution in [0.15, 0.2) is 42.7 Å². The molecule has 0 aliphatic carbocycles. The third-order valence-electron chi connectivity index (χ3n) is 5.04. The van der Waals surface area contributed by atoms with Gasteiger partial charge in [-0.3, -0.25) is 9.78 Å². The number of carbonyl (C=O) groups is 2. The number of alkyl halides is 3. The van der Waals surface area contributed by atoms with Crippen LogP contribution in [0, 0.1) is 5.82 Å². The summed E-state index contributed by atoms with van der Waals surface area (Å²) in [6.45, 7) is 1.58. The number of amides is 1. The van der Waals surface area contributed by atoms with Crippen LogP contribution in [0.1, 0.15) is 23.2 Å². The molecule has 2 aliphatic heterocycles. The Balaban J connectivity index is 0.000000383. The van der Waals surface area contributed by atoms with Crippen molar-refractivity contribution in [2.24, 2.45) is 0 Å². The van der Waals surface area contributed by atoms with Crippen LogP contribution < -0.4 is 4.74 Å². The van der Waals surface area contributed by atoms with Gasteiger partial charge in [0, 0.05) is 24.6 Å². The van der Waals surface area contributed by atoms with Crippen molar-refractivity contribution >= 4 is 23.5 Å². The lowest BCUT2D eigenvalue weighted by Gasteiger charge is -2.52. The normalized spacial score (nSPS) is 19.2. The molecule has 1 N–H and O–H groups in total. The summed E-state index contributed by atoms with van der Waals surface area (Å²) in [7, 11) is 0. The molecule has 0 bridgehead atoms. The first-order valence-corrected chi connectivity index (χ1v) is 10.1. The van der Waals surface area contributed by atoms with Crippen LogP contribution in [0.5, 0.6) is 5.75 Å². The summed E-state index contributed by atoms with van der Waals surface area (Å²) in [6, 6.07) is 7.73. The van der Waals surface area contributed by atoms with Crippen molar-refractivity contribution < 1.29 is 41.7 Å². The van der Waals surface area contributed by atoms with Gasteiger partial charge in [-0.15, -0.1) is 0 Å². The summed E-state index contributed by atoms with van der Waals surface area (Å²) >= 11 is 5.77. The van der Waals surface area contributed by atoms with Gasteiger partial charge in [0.05, 0.1) is 30.9 Å². The van der Waals surface area contributed by atoms with Crippen LogP contribution in [-0.4, -0.2) is 64.4 Å². The summed E-state index contributed by atoms with van der Waals surface area (Å²) in [5, 5.41) is 7.07. The van der Waals surface area contributed by atoms with Crippen LogP contribution in [0.4, 0.5) is 17.6 Å². The number of hydrogen-bond acceptors (Lipinski definition) is 5. The Morgan fingerprint density at radius 3 is 2.55 bits per heavy atom. The Bertz CT molecular complexity index is 1000. The van der Waals surface area contributed by atoms with E-state index >= 15 is 0 Å². The molecule has 2 aromatic rings. The number of carboxylic acids is 1. The number of hydrogen-bond donors (Lipinski definition) is 1. The molecular weight excluding hydrogens is 472 g/mol. The number of halogens is 5. The van der Waals surface area contributed by atoms with E-state index in [1.807, 2.05) is 12.1 Å². The second kappa shape index (κ2) is 9.92. The molecule has 1 aromatic carbocycles. The molecule has 1 amide bonds. The first-order valence-electron chi connectivity index (χ1n) is 9.74. The Morgan fingerprint density at radius 2 is 1.97 bits per heavy atom. The van der Waals surface area contributed by atoms with E-state index in [9.17, 15) is 22.4 Å². The summed E-state index contributed by atoms with van der Waals surface area (Å²) in [4.78, 5) is 27.2. The minimum atomic E-state index is -5.08. The van der Waals surface area contributed by atoms with E-state index in [2.05, 4.69) is 4.98 Å². The van der Waals surface area contributed by atoms with E-state index < -0.39 is 18.0 Å². The lowest BCUT2D eigenvalue weighted by Crippen LogP contribution is -2.67. The number of carboxylic acid groups (broad SMARTS) is 1. The van der Waals surface area contributed by atoms with Gasteiger partial charge in [0.2, 0.25) is 0 Å². The van der Waals surface area contributed by atoms with Gasteiger partial charge < -0.3 is 19.5 Å². The van der Waals surface area contributed by atoms with Crippen molar-refractivity contribution in [2.75, 3.05) is 19.7 Å². The van der Waals surface area contributed by atoms with Crippen molar-refractivity contribution in [3.05, 3.63) is 59.1 Å². The van der Waals surface area contributed by atoms with Crippen LogP contribution in [-0.2, 0) is 9.53 Å². The molecule has 2 fully saturated rings. The number of benzene rings is 1. The molecule has 4 rings (SSSR count). The van der Waals surface area contributed by atoms with Crippen molar-refractivity contribution in [1.29, 1.82) is 0 Å². The van der Waals surface area contributed by atoms with Gasteiger partial charge in [-0.2, -0.15) is 13.2 Å². The Morgan fingerprint density at radius 1 is 1.27 bits per heavy atom.